The molecule has 38 heavy (non-hydrogen) atoms. The van der Waals surface area contributed by atoms with Gasteiger partial charge in [-0.05, 0) is 48.5 Å². The normalized spacial score (nSPS) is 28.2. The van der Waals surface area contributed by atoms with Crippen molar-refractivity contribution in [3.8, 4) is 0 Å². The molecule has 9 heteroatoms. The molecule has 194 valence electrons. The number of aromatic nitrogens is 3. The van der Waals surface area contributed by atoms with Gasteiger partial charge in [-0.15, -0.1) is 0 Å². The van der Waals surface area contributed by atoms with Crippen LogP contribution in [0, 0.1) is 11.7 Å². The van der Waals surface area contributed by atoms with E-state index in [1.165, 1.54) is 12.1 Å². The van der Waals surface area contributed by atoms with Gasteiger partial charge < -0.3 is 19.7 Å². The van der Waals surface area contributed by atoms with E-state index in [1.807, 2.05) is 12.1 Å². The van der Waals surface area contributed by atoms with E-state index >= 15 is 4.39 Å². The number of rotatable bonds is 2. The molecule has 0 spiro atoms. The molecule has 1 saturated heterocycles. The number of benzene rings is 1. The van der Waals surface area contributed by atoms with Gasteiger partial charge in [0, 0.05) is 68.3 Å². The van der Waals surface area contributed by atoms with E-state index in [4.69, 9.17) is 12.3 Å². The highest BCUT2D eigenvalue weighted by Crippen LogP contribution is 2.37. The lowest BCUT2D eigenvalue weighted by Crippen LogP contribution is -2.46. The molecule has 0 saturated carbocycles. The van der Waals surface area contributed by atoms with Crippen LogP contribution in [0.2, 0.25) is 0 Å². The summed E-state index contributed by atoms with van der Waals surface area (Å²) in [5.74, 6) is -3.76. The molecule has 0 unspecified atom stereocenters. The van der Waals surface area contributed by atoms with E-state index in [0.717, 1.165) is 11.8 Å². The summed E-state index contributed by atoms with van der Waals surface area (Å²) < 4.78 is 94.8. The maximum atomic E-state index is 15.3. The number of nitrogens with zero attached hydrogens (tertiary/aromatic N) is 5. The van der Waals surface area contributed by atoms with Crippen molar-refractivity contribution in [3.05, 3.63) is 71.6 Å². The Morgan fingerprint density at radius 3 is 2.89 bits per heavy atom. The molecule has 2 amide bonds. The minimum absolute atomic E-state index is 0.0139. The molecule has 1 aromatic carbocycles. The summed E-state index contributed by atoms with van der Waals surface area (Å²) in [4.78, 5) is 32.5. The van der Waals surface area contributed by atoms with Gasteiger partial charge in [0.25, 0.3) is 0 Å². The predicted octanol–water partition coefficient (Wildman–Crippen LogP) is 4.14. The van der Waals surface area contributed by atoms with Gasteiger partial charge >= 0.3 is 6.03 Å². The van der Waals surface area contributed by atoms with Crippen LogP contribution in [0.15, 0.2) is 48.9 Å². The summed E-state index contributed by atoms with van der Waals surface area (Å²) in [5.41, 5.74) is 3.39. The minimum atomic E-state index is -3.44. The summed E-state index contributed by atoms with van der Waals surface area (Å²) in [7, 11) is 0. The number of carbonyl (C=O) groups is 2. The van der Waals surface area contributed by atoms with Crippen LogP contribution in [0.25, 0.3) is 27.8 Å². The number of ketones is 1. The van der Waals surface area contributed by atoms with Crippen LogP contribution in [-0.2, 0) is 17.9 Å². The summed E-state index contributed by atoms with van der Waals surface area (Å²) in [6.07, 6.45) is -1.57. The average Bonchev–Trinajstić information content (AvgIpc) is 3.64. The molecule has 1 N–H and O–H groups in total. The van der Waals surface area contributed by atoms with Gasteiger partial charge in [0.15, 0.2) is 5.78 Å². The summed E-state index contributed by atoms with van der Waals surface area (Å²) in [5, 5.41) is 3.58. The maximum Gasteiger partial charge on any atom is 0.320 e. The number of hydrogen-bond acceptors (Lipinski definition) is 4. The first kappa shape index (κ1) is 15.3. The van der Waals surface area contributed by atoms with Crippen LogP contribution in [0.5, 0.6) is 0 Å². The van der Waals surface area contributed by atoms with Gasteiger partial charge in [-0.25, -0.2) is 14.2 Å². The summed E-state index contributed by atoms with van der Waals surface area (Å²) in [6.45, 7) is -6.52. The second-order valence-corrected chi connectivity index (χ2v) is 9.43. The van der Waals surface area contributed by atoms with E-state index in [1.54, 1.807) is 33.6 Å². The largest absolute Gasteiger partial charge is 0.376 e. The first-order valence-corrected chi connectivity index (χ1v) is 12.2. The van der Waals surface area contributed by atoms with Crippen molar-refractivity contribution in [3.63, 3.8) is 0 Å². The van der Waals surface area contributed by atoms with Crippen molar-refractivity contribution in [2.45, 2.75) is 32.8 Å². The Labute approximate surface area is 232 Å². The molecular formula is C29H29FN6O2. The topological polar surface area (TPSA) is 74.9 Å². The number of Topliss-reactive ketones (excluding diaryl/α,β-unsaturated/α-hetero) is 1. The first-order valence-electron chi connectivity index (χ1n) is 16.7. The summed E-state index contributed by atoms with van der Waals surface area (Å²) >= 11 is 0. The lowest BCUT2D eigenvalue weighted by Gasteiger charge is -2.34. The standard InChI is InChI=1S/C29H29FN6O2/c1-18-5-8-33(9-6-18)29(38)35-11-10-34-17-22(21-13-20(30)12-19(16-35)28(21)34)27-26(24(37)15-32-27)23-14-31-25-4-2-3-7-36(23)25/h2-4,7,12-14,17-18,32H,5-6,8-11,15-16H2,1H3/i5D2,6D2,8D2,9D2,18D. The van der Waals surface area contributed by atoms with Crippen molar-refractivity contribution < 1.29 is 26.3 Å². The molecule has 1 fully saturated rings. The highest BCUT2D eigenvalue weighted by atomic mass is 19.1. The van der Waals surface area contributed by atoms with E-state index < -0.39 is 43.5 Å². The molecule has 0 bridgehead atoms. The molecule has 7 rings (SSSR count). The molecule has 3 aliphatic rings. The van der Waals surface area contributed by atoms with Crippen molar-refractivity contribution in [1.29, 1.82) is 0 Å². The fraction of sp³-hybridized carbons (Fsp3) is 0.345. The van der Waals surface area contributed by atoms with Crippen LogP contribution in [0.1, 0.15) is 48.8 Å². The molecule has 3 aliphatic heterocycles. The second kappa shape index (κ2) is 8.72. The zero-order valence-corrected chi connectivity index (χ0v) is 20.4. The molecule has 4 aromatic rings. The number of carbonyl (C=O) groups excluding carboxylic acids is 2. The van der Waals surface area contributed by atoms with Crippen LogP contribution < -0.4 is 5.32 Å². The Hall–Kier alpha value is -4.14. The zero-order valence-electron chi connectivity index (χ0n) is 29.4. The maximum absolute atomic E-state index is 15.3. The molecule has 0 radical (unpaired) electrons. The number of halogens is 1. The fourth-order valence-electron chi connectivity index (χ4n) is 5.34. The van der Waals surface area contributed by atoms with E-state index in [2.05, 4.69) is 10.3 Å². The molecule has 0 aliphatic carbocycles. The van der Waals surface area contributed by atoms with Gasteiger partial charge in [-0.1, -0.05) is 13.0 Å². The Balaban J connectivity index is 1.32. The lowest BCUT2D eigenvalue weighted by molar-refractivity contribution is -0.112. The van der Waals surface area contributed by atoms with Crippen molar-refractivity contribution in [1.82, 2.24) is 29.1 Å². The number of hydrogen-bond donors (Lipinski definition) is 1. The summed E-state index contributed by atoms with van der Waals surface area (Å²) in [6, 6.07) is 6.61. The number of nitrogens with one attached hydrogen (secondary N) is 1. The number of likely N-dealkylation sites (tertiary alicyclic amines) is 1. The third kappa shape index (κ3) is 3.60. The minimum Gasteiger partial charge on any atom is -0.376 e. The molecule has 8 nitrogen and oxygen atoms in total. The number of imidazole rings is 1. The zero-order chi connectivity index (χ0) is 34.1. The smallest absolute Gasteiger partial charge is 0.320 e. The lowest BCUT2D eigenvalue weighted by atomic mass is 9.99. The third-order valence-electron chi connectivity index (χ3n) is 7.06. The first-order chi connectivity index (χ1) is 21.8. The van der Waals surface area contributed by atoms with E-state index in [-0.39, 0.29) is 42.4 Å². The van der Waals surface area contributed by atoms with Crippen LogP contribution >= 0.6 is 0 Å². The van der Waals surface area contributed by atoms with E-state index in [9.17, 15) is 9.59 Å². The van der Waals surface area contributed by atoms with Gasteiger partial charge in [0.1, 0.15) is 11.5 Å². The molecular weight excluding hydrogens is 483 g/mol. The highest BCUT2D eigenvalue weighted by molar-refractivity contribution is 6.32. The van der Waals surface area contributed by atoms with Crippen LogP contribution in [0.3, 0.4) is 0 Å². The van der Waals surface area contributed by atoms with Gasteiger partial charge in [0.2, 0.25) is 0 Å². The number of piperidine rings is 1. The highest BCUT2D eigenvalue weighted by Gasteiger charge is 2.32. The number of amides is 2. The van der Waals surface area contributed by atoms with Crippen molar-refractivity contribution in [2.75, 3.05) is 26.1 Å². The SMILES string of the molecule is [2H]C1([2H])N(C(=O)N2CCn3cc(C4=C(c5cnc6ccccn56)C(=O)CN4)c4cc(F)cc(c43)C2)C([2H])([2H])C([2H])([2H])C([2H])(C)C1([2H])[2H]. The quantitative estimate of drug-likeness (QED) is 0.430. The van der Waals surface area contributed by atoms with Gasteiger partial charge in [-0.2, -0.15) is 0 Å². The Bertz CT molecular complexity index is 2020. The van der Waals surface area contributed by atoms with Crippen molar-refractivity contribution >= 4 is 39.6 Å². The Kier molecular flexibility index (Phi) is 3.51. The van der Waals surface area contributed by atoms with Crippen LogP contribution in [0.4, 0.5) is 9.18 Å². The number of fused-ring (bicyclic) bond motifs is 1. The van der Waals surface area contributed by atoms with Crippen molar-refractivity contribution in [2.24, 2.45) is 5.89 Å². The molecule has 3 aromatic heterocycles. The Morgan fingerprint density at radius 1 is 1.21 bits per heavy atom. The van der Waals surface area contributed by atoms with Gasteiger partial charge in [-0.3, -0.25) is 9.20 Å². The van der Waals surface area contributed by atoms with E-state index in [0.29, 0.717) is 39.1 Å². The monoisotopic (exact) mass is 521 g/mol. The average molecular weight is 522 g/mol. The molecule has 6 heterocycles. The number of pyridine rings is 1. The van der Waals surface area contributed by atoms with Crippen LogP contribution in [-0.4, -0.2) is 61.6 Å². The third-order valence-corrected chi connectivity index (χ3v) is 7.06. The second-order valence-electron chi connectivity index (χ2n) is 9.43. The Morgan fingerprint density at radius 2 is 2.05 bits per heavy atom. The fourth-order valence-corrected chi connectivity index (χ4v) is 5.34. The number of urea groups is 1. The molecule has 0 atom stereocenters. The van der Waals surface area contributed by atoms with Gasteiger partial charge in [0.05, 0.1) is 35.2 Å². The predicted molar refractivity (Wildman–Crippen MR) is 143 cm³/mol.